The number of rotatable bonds is 6. The van der Waals surface area contributed by atoms with Crippen molar-refractivity contribution in [2.75, 3.05) is 12.8 Å². The van der Waals surface area contributed by atoms with E-state index in [0.29, 0.717) is 5.56 Å². The second-order valence-electron chi connectivity index (χ2n) is 5.53. The molecule has 0 saturated carbocycles. The molecule has 0 aliphatic carbocycles. The van der Waals surface area contributed by atoms with Crippen LogP contribution in [0.2, 0.25) is 0 Å². The second-order valence-corrected chi connectivity index (χ2v) is 6.41. The maximum atomic E-state index is 13.7. The number of nitrogens with two attached hydrogens (primary N) is 1. The molecule has 0 spiro atoms. The van der Waals surface area contributed by atoms with E-state index in [1.165, 1.54) is 6.07 Å². The van der Waals surface area contributed by atoms with Crippen LogP contribution in [0.4, 0.5) is 8.78 Å². The lowest BCUT2D eigenvalue weighted by atomic mass is 9.97. The van der Waals surface area contributed by atoms with Gasteiger partial charge in [0.05, 0.1) is 6.04 Å². The van der Waals surface area contributed by atoms with E-state index in [0.717, 1.165) is 22.6 Å². The highest BCUT2D eigenvalue weighted by atomic mass is 32.2. The molecule has 0 aliphatic rings. The summed E-state index contributed by atoms with van der Waals surface area (Å²) in [7, 11) is 0. The maximum Gasteiger partial charge on any atom is 0.224 e. The topological polar surface area (TPSA) is 55.1 Å². The molecule has 2 atom stereocenters. The van der Waals surface area contributed by atoms with Gasteiger partial charge in [0, 0.05) is 17.4 Å². The lowest BCUT2D eigenvalue weighted by Gasteiger charge is -2.22. The number of carbonyl (C=O) groups is 1. The van der Waals surface area contributed by atoms with Crippen LogP contribution in [0.15, 0.2) is 47.4 Å². The van der Waals surface area contributed by atoms with Crippen LogP contribution in [0.25, 0.3) is 0 Å². The number of benzene rings is 2. The van der Waals surface area contributed by atoms with Gasteiger partial charge in [-0.05, 0) is 41.6 Å². The van der Waals surface area contributed by atoms with E-state index in [1.807, 2.05) is 30.5 Å². The SMILES string of the molecule is CSc1cccc(C(NC(=O)C(C)CN)c2ccc(F)c(F)c2)c1. The molecule has 0 fully saturated rings. The minimum Gasteiger partial charge on any atom is -0.345 e. The van der Waals surface area contributed by atoms with Crippen molar-refractivity contribution >= 4 is 17.7 Å². The molecule has 128 valence electrons. The smallest absolute Gasteiger partial charge is 0.224 e. The van der Waals surface area contributed by atoms with Gasteiger partial charge in [0.2, 0.25) is 5.91 Å². The zero-order valence-electron chi connectivity index (χ0n) is 13.6. The van der Waals surface area contributed by atoms with Crippen molar-refractivity contribution in [2.45, 2.75) is 17.9 Å². The van der Waals surface area contributed by atoms with Crippen LogP contribution >= 0.6 is 11.8 Å². The zero-order valence-corrected chi connectivity index (χ0v) is 14.4. The van der Waals surface area contributed by atoms with Crippen molar-refractivity contribution in [3.8, 4) is 0 Å². The molecule has 2 rings (SSSR count). The Kier molecular flexibility index (Phi) is 6.34. The minimum absolute atomic E-state index is 0.210. The number of halogens is 2. The highest BCUT2D eigenvalue weighted by Gasteiger charge is 2.21. The maximum absolute atomic E-state index is 13.7. The summed E-state index contributed by atoms with van der Waals surface area (Å²) in [4.78, 5) is 13.3. The van der Waals surface area contributed by atoms with Gasteiger partial charge in [0.25, 0.3) is 0 Å². The van der Waals surface area contributed by atoms with Gasteiger partial charge in [-0.3, -0.25) is 4.79 Å². The fourth-order valence-corrected chi connectivity index (χ4v) is 2.73. The van der Waals surface area contributed by atoms with Crippen LogP contribution in [-0.2, 0) is 4.79 Å². The summed E-state index contributed by atoms with van der Waals surface area (Å²) in [5.41, 5.74) is 6.82. The Morgan fingerprint density at radius 1 is 1.17 bits per heavy atom. The summed E-state index contributed by atoms with van der Waals surface area (Å²) in [5, 5.41) is 2.88. The monoisotopic (exact) mass is 350 g/mol. The summed E-state index contributed by atoms with van der Waals surface area (Å²) in [6, 6.07) is 10.7. The van der Waals surface area contributed by atoms with E-state index in [9.17, 15) is 13.6 Å². The van der Waals surface area contributed by atoms with Gasteiger partial charge in [-0.25, -0.2) is 8.78 Å². The Morgan fingerprint density at radius 2 is 1.88 bits per heavy atom. The van der Waals surface area contributed by atoms with Crippen LogP contribution in [0.5, 0.6) is 0 Å². The average Bonchev–Trinajstić information content (AvgIpc) is 2.61. The van der Waals surface area contributed by atoms with Crippen molar-refractivity contribution in [1.82, 2.24) is 5.32 Å². The van der Waals surface area contributed by atoms with Gasteiger partial charge < -0.3 is 11.1 Å². The molecular formula is C18H20F2N2OS. The molecule has 2 aromatic rings. The fourth-order valence-electron chi connectivity index (χ4n) is 2.26. The van der Waals surface area contributed by atoms with Gasteiger partial charge in [-0.1, -0.05) is 25.1 Å². The average molecular weight is 350 g/mol. The Labute approximate surface area is 144 Å². The molecule has 0 heterocycles. The molecule has 3 N–H and O–H groups in total. The van der Waals surface area contributed by atoms with Gasteiger partial charge in [-0.15, -0.1) is 11.8 Å². The summed E-state index contributed by atoms with van der Waals surface area (Å²) in [6.45, 7) is 1.93. The van der Waals surface area contributed by atoms with Gasteiger partial charge in [0.1, 0.15) is 0 Å². The fraction of sp³-hybridized carbons (Fsp3) is 0.278. The molecule has 0 radical (unpaired) electrons. The van der Waals surface area contributed by atoms with E-state index < -0.39 is 17.7 Å². The molecule has 1 amide bonds. The van der Waals surface area contributed by atoms with Crippen LogP contribution in [0, 0.1) is 17.6 Å². The van der Waals surface area contributed by atoms with E-state index >= 15 is 0 Å². The third-order valence-electron chi connectivity index (χ3n) is 3.79. The summed E-state index contributed by atoms with van der Waals surface area (Å²) in [5.74, 6) is -2.47. The minimum atomic E-state index is -0.945. The van der Waals surface area contributed by atoms with Crippen LogP contribution in [0.1, 0.15) is 24.1 Å². The van der Waals surface area contributed by atoms with E-state index in [2.05, 4.69) is 5.32 Å². The number of amides is 1. The van der Waals surface area contributed by atoms with Crippen LogP contribution < -0.4 is 11.1 Å². The molecule has 2 aromatic carbocycles. The molecule has 6 heteroatoms. The van der Waals surface area contributed by atoms with Crippen molar-refractivity contribution in [3.63, 3.8) is 0 Å². The third kappa shape index (κ3) is 4.33. The Balaban J connectivity index is 2.43. The quantitative estimate of drug-likeness (QED) is 0.784. The number of hydrogen-bond acceptors (Lipinski definition) is 3. The normalized spacial score (nSPS) is 13.4. The standard InChI is InChI=1S/C18H20F2N2OS/c1-11(10-21)18(23)22-17(12-4-3-5-14(8-12)24-2)13-6-7-15(19)16(20)9-13/h3-9,11,17H,10,21H2,1-2H3,(H,22,23). The van der Waals surface area contributed by atoms with Crippen molar-refractivity contribution < 1.29 is 13.6 Å². The number of thioether (sulfide) groups is 1. The first-order valence-electron chi connectivity index (χ1n) is 7.55. The number of carbonyl (C=O) groups excluding carboxylic acids is 1. The Hall–Kier alpha value is -1.92. The molecule has 0 aliphatic heterocycles. The van der Waals surface area contributed by atoms with Crippen LogP contribution in [-0.4, -0.2) is 18.7 Å². The molecule has 0 bridgehead atoms. The van der Waals surface area contributed by atoms with Gasteiger partial charge in [0.15, 0.2) is 11.6 Å². The largest absolute Gasteiger partial charge is 0.345 e. The van der Waals surface area contributed by atoms with E-state index in [-0.39, 0.29) is 18.4 Å². The first-order chi connectivity index (χ1) is 11.5. The van der Waals surface area contributed by atoms with E-state index in [4.69, 9.17) is 5.73 Å². The second kappa shape index (κ2) is 8.26. The predicted molar refractivity (Wildman–Crippen MR) is 92.8 cm³/mol. The lowest BCUT2D eigenvalue weighted by Crippen LogP contribution is -2.36. The molecule has 3 nitrogen and oxygen atoms in total. The highest BCUT2D eigenvalue weighted by Crippen LogP contribution is 2.27. The third-order valence-corrected chi connectivity index (χ3v) is 4.52. The number of nitrogens with one attached hydrogen (secondary N) is 1. The van der Waals surface area contributed by atoms with Gasteiger partial charge in [-0.2, -0.15) is 0 Å². The zero-order chi connectivity index (χ0) is 17.7. The first kappa shape index (κ1) is 18.4. The van der Waals surface area contributed by atoms with Crippen molar-refractivity contribution in [2.24, 2.45) is 11.7 Å². The molecule has 24 heavy (non-hydrogen) atoms. The predicted octanol–water partition coefficient (Wildman–Crippen LogP) is 3.49. The van der Waals surface area contributed by atoms with Crippen LogP contribution in [0.3, 0.4) is 0 Å². The number of hydrogen-bond donors (Lipinski definition) is 2. The molecule has 2 unspecified atom stereocenters. The van der Waals surface area contributed by atoms with Gasteiger partial charge >= 0.3 is 0 Å². The highest BCUT2D eigenvalue weighted by molar-refractivity contribution is 7.98. The molecular weight excluding hydrogens is 330 g/mol. The Bertz CT molecular complexity index is 724. The van der Waals surface area contributed by atoms with Crippen molar-refractivity contribution in [3.05, 3.63) is 65.2 Å². The van der Waals surface area contributed by atoms with E-state index in [1.54, 1.807) is 18.7 Å². The molecule has 0 saturated heterocycles. The summed E-state index contributed by atoms with van der Waals surface area (Å²) < 4.78 is 26.9. The first-order valence-corrected chi connectivity index (χ1v) is 8.78. The summed E-state index contributed by atoms with van der Waals surface area (Å²) in [6.07, 6.45) is 1.95. The Morgan fingerprint density at radius 3 is 2.50 bits per heavy atom. The van der Waals surface area contributed by atoms with Crippen molar-refractivity contribution in [1.29, 1.82) is 0 Å². The molecule has 0 aromatic heterocycles. The lowest BCUT2D eigenvalue weighted by molar-refractivity contribution is -0.124. The summed E-state index contributed by atoms with van der Waals surface area (Å²) >= 11 is 1.56.